The number of nitrogens with zero attached hydrogens (tertiary/aromatic N) is 2. The number of halogens is 3. The zero-order valence-corrected chi connectivity index (χ0v) is 14.4. The number of benzene rings is 1. The van der Waals surface area contributed by atoms with E-state index in [1.54, 1.807) is 24.3 Å². The molecule has 146 valence electrons. The molecule has 2 aromatic rings. The fraction of sp³-hybridized carbons (Fsp3) is 0.444. The fourth-order valence-corrected chi connectivity index (χ4v) is 3.07. The number of alkyl halides is 3. The van der Waals surface area contributed by atoms with Crippen molar-refractivity contribution < 1.29 is 33.2 Å². The Bertz CT molecular complexity index is 815. The monoisotopic (exact) mass is 384 g/mol. The quantitative estimate of drug-likeness (QED) is 0.745. The summed E-state index contributed by atoms with van der Waals surface area (Å²) in [6, 6.07) is 7.76. The van der Waals surface area contributed by atoms with Gasteiger partial charge < -0.3 is 20.1 Å². The number of hydrogen-bond donors (Lipinski definition) is 3. The second-order valence-electron chi connectivity index (χ2n) is 6.26. The van der Waals surface area contributed by atoms with Crippen LogP contribution in [0.15, 0.2) is 30.3 Å². The van der Waals surface area contributed by atoms with E-state index in [9.17, 15) is 28.5 Å². The number of aryl methyl sites for hydroxylation is 1. The van der Waals surface area contributed by atoms with Crippen molar-refractivity contribution in [2.75, 3.05) is 6.61 Å². The Morgan fingerprint density at radius 2 is 1.81 bits per heavy atom. The molecule has 1 aromatic carbocycles. The average molecular weight is 384 g/mol. The third kappa shape index (κ3) is 3.81. The molecule has 1 aliphatic heterocycles. The summed E-state index contributed by atoms with van der Waals surface area (Å²) in [4.78, 5) is 7.68. The second-order valence-corrected chi connectivity index (χ2v) is 6.26. The van der Waals surface area contributed by atoms with Crippen LogP contribution in [0.2, 0.25) is 0 Å². The van der Waals surface area contributed by atoms with Crippen LogP contribution in [0.3, 0.4) is 0 Å². The smallest absolute Gasteiger partial charge is 0.394 e. The molecule has 0 spiro atoms. The lowest BCUT2D eigenvalue weighted by Gasteiger charge is -2.17. The first-order valence-corrected chi connectivity index (χ1v) is 8.43. The topological polar surface area (TPSA) is 95.7 Å². The molecule has 1 aromatic heterocycles. The minimum atomic E-state index is -4.73. The largest absolute Gasteiger partial charge is 0.433 e. The number of aliphatic hydroxyl groups is 3. The highest BCUT2D eigenvalue weighted by Crippen LogP contribution is 2.36. The summed E-state index contributed by atoms with van der Waals surface area (Å²) in [6.45, 7) is 1.27. The first-order chi connectivity index (χ1) is 12.8. The van der Waals surface area contributed by atoms with Crippen LogP contribution < -0.4 is 0 Å². The van der Waals surface area contributed by atoms with Crippen molar-refractivity contribution >= 4 is 0 Å². The number of hydrogen-bond acceptors (Lipinski definition) is 6. The van der Waals surface area contributed by atoms with E-state index < -0.39 is 48.7 Å². The minimum absolute atomic E-state index is 0.0440. The molecule has 1 fully saturated rings. The highest BCUT2D eigenvalue weighted by molar-refractivity contribution is 5.64. The number of rotatable bonds is 4. The summed E-state index contributed by atoms with van der Waals surface area (Å²) in [7, 11) is 0. The number of aliphatic hydroxyl groups excluding tert-OH is 3. The molecule has 0 amide bonds. The Hall–Kier alpha value is -2.07. The van der Waals surface area contributed by atoms with Gasteiger partial charge in [0, 0.05) is 5.56 Å². The SMILES string of the molecule is CCc1ccccc1-c1cc(C(F)(F)F)nc([C@@H]2O[C@H](CO)[C@@H](O)[C@H]2O)n1. The highest BCUT2D eigenvalue weighted by atomic mass is 19.4. The van der Waals surface area contributed by atoms with E-state index in [1.807, 2.05) is 6.92 Å². The normalized spacial score (nSPS) is 25.7. The zero-order chi connectivity index (χ0) is 19.8. The first-order valence-electron chi connectivity index (χ1n) is 8.43. The maximum atomic E-state index is 13.4. The molecule has 9 heteroatoms. The van der Waals surface area contributed by atoms with Gasteiger partial charge in [-0.15, -0.1) is 0 Å². The molecule has 0 unspecified atom stereocenters. The van der Waals surface area contributed by atoms with Crippen LogP contribution in [-0.4, -0.2) is 50.2 Å². The maximum absolute atomic E-state index is 13.4. The lowest BCUT2D eigenvalue weighted by Crippen LogP contribution is -2.32. The van der Waals surface area contributed by atoms with E-state index in [2.05, 4.69) is 9.97 Å². The molecule has 0 radical (unpaired) electrons. The average Bonchev–Trinajstić information content (AvgIpc) is 2.95. The highest BCUT2D eigenvalue weighted by Gasteiger charge is 2.45. The third-order valence-corrected chi connectivity index (χ3v) is 4.50. The minimum Gasteiger partial charge on any atom is -0.394 e. The molecule has 1 saturated heterocycles. The Morgan fingerprint density at radius 1 is 1.11 bits per heavy atom. The second kappa shape index (κ2) is 7.51. The van der Waals surface area contributed by atoms with E-state index in [4.69, 9.17) is 4.74 Å². The molecule has 6 nitrogen and oxygen atoms in total. The molecule has 2 heterocycles. The maximum Gasteiger partial charge on any atom is 0.433 e. The molecule has 3 N–H and O–H groups in total. The Morgan fingerprint density at radius 3 is 2.41 bits per heavy atom. The number of ether oxygens (including phenoxy) is 1. The fourth-order valence-electron chi connectivity index (χ4n) is 3.07. The lowest BCUT2D eigenvalue weighted by molar-refractivity contribution is -0.141. The van der Waals surface area contributed by atoms with Gasteiger partial charge in [-0.05, 0) is 18.1 Å². The summed E-state index contributed by atoms with van der Waals surface area (Å²) < 4.78 is 45.4. The van der Waals surface area contributed by atoms with Crippen molar-refractivity contribution in [3.63, 3.8) is 0 Å². The van der Waals surface area contributed by atoms with Gasteiger partial charge in [-0.25, -0.2) is 9.97 Å². The van der Waals surface area contributed by atoms with Crippen LogP contribution in [0.4, 0.5) is 13.2 Å². The predicted molar refractivity (Wildman–Crippen MR) is 88.6 cm³/mol. The van der Waals surface area contributed by atoms with E-state index in [-0.39, 0.29) is 5.69 Å². The van der Waals surface area contributed by atoms with Gasteiger partial charge in [-0.2, -0.15) is 13.2 Å². The molecular formula is C18H19F3N2O4. The van der Waals surface area contributed by atoms with Gasteiger partial charge in [-0.1, -0.05) is 31.2 Å². The molecule has 3 rings (SSSR count). The van der Waals surface area contributed by atoms with Crippen LogP contribution in [0.5, 0.6) is 0 Å². The van der Waals surface area contributed by atoms with Crippen molar-refractivity contribution in [2.24, 2.45) is 0 Å². The Labute approximate surface area is 153 Å². The first kappa shape index (κ1) is 19.7. The van der Waals surface area contributed by atoms with Crippen molar-refractivity contribution in [2.45, 2.75) is 43.9 Å². The van der Waals surface area contributed by atoms with E-state index in [0.29, 0.717) is 12.0 Å². The van der Waals surface area contributed by atoms with Crippen molar-refractivity contribution in [3.05, 3.63) is 47.4 Å². The Kier molecular flexibility index (Phi) is 5.48. The van der Waals surface area contributed by atoms with Gasteiger partial charge in [0.05, 0.1) is 12.3 Å². The summed E-state index contributed by atoms with van der Waals surface area (Å²) in [5.41, 5.74) is 0.186. The molecule has 0 aliphatic carbocycles. The van der Waals surface area contributed by atoms with Crippen molar-refractivity contribution in [3.8, 4) is 11.3 Å². The van der Waals surface area contributed by atoms with Crippen LogP contribution in [0.1, 0.15) is 30.1 Å². The summed E-state index contributed by atoms with van der Waals surface area (Å²) in [5.74, 6) is -0.395. The van der Waals surface area contributed by atoms with Gasteiger partial charge in [-0.3, -0.25) is 0 Å². The van der Waals surface area contributed by atoms with E-state index in [0.717, 1.165) is 11.6 Å². The van der Waals surface area contributed by atoms with Gasteiger partial charge in [0.1, 0.15) is 30.1 Å². The van der Waals surface area contributed by atoms with Crippen LogP contribution in [-0.2, 0) is 17.3 Å². The molecule has 1 aliphatic rings. The zero-order valence-electron chi connectivity index (χ0n) is 14.4. The summed E-state index contributed by atoms with van der Waals surface area (Å²) in [5, 5.41) is 29.2. The van der Waals surface area contributed by atoms with Crippen molar-refractivity contribution in [1.29, 1.82) is 0 Å². The van der Waals surface area contributed by atoms with E-state index >= 15 is 0 Å². The molecule has 4 atom stereocenters. The molecule has 0 bridgehead atoms. The van der Waals surface area contributed by atoms with Gasteiger partial charge in [0.25, 0.3) is 0 Å². The van der Waals surface area contributed by atoms with Gasteiger partial charge in [0.15, 0.2) is 5.82 Å². The third-order valence-electron chi connectivity index (χ3n) is 4.50. The Balaban J connectivity index is 2.13. The van der Waals surface area contributed by atoms with Gasteiger partial charge in [0.2, 0.25) is 0 Å². The molecule has 27 heavy (non-hydrogen) atoms. The predicted octanol–water partition coefficient (Wildman–Crippen LogP) is 1.88. The summed E-state index contributed by atoms with van der Waals surface area (Å²) >= 11 is 0. The van der Waals surface area contributed by atoms with Gasteiger partial charge >= 0.3 is 6.18 Å². The number of aromatic nitrogens is 2. The molecule has 0 saturated carbocycles. The standard InChI is InChI=1S/C18H19F3N2O4/c1-2-9-5-3-4-6-10(9)11-7-13(18(19,20)21)23-17(22-11)16-15(26)14(25)12(8-24)27-16/h3-7,12,14-16,24-26H,2,8H2,1H3/t12-,14-,15-,16-/m1/s1. The molecular weight excluding hydrogens is 365 g/mol. The van der Waals surface area contributed by atoms with Crippen LogP contribution >= 0.6 is 0 Å². The van der Waals surface area contributed by atoms with Crippen LogP contribution in [0, 0.1) is 0 Å². The van der Waals surface area contributed by atoms with Crippen molar-refractivity contribution in [1.82, 2.24) is 9.97 Å². The van der Waals surface area contributed by atoms with Crippen LogP contribution in [0.25, 0.3) is 11.3 Å². The summed E-state index contributed by atoms with van der Waals surface area (Å²) in [6.07, 6.45) is -9.66. The van der Waals surface area contributed by atoms with E-state index in [1.165, 1.54) is 0 Å². The lowest BCUT2D eigenvalue weighted by atomic mass is 10.0.